The lowest BCUT2D eigenvalue weighted by Crippen LogP contribution is -3.00. The monoisotopic (exact) mass is 262 g/mol. The number of hydrogen-bond acceptors (Lipinski definition) is 1. The lowest BCUT2D eigenvalue weighted by molar-refractivity contribution is -0.923. The highest BCUT2D eigenvalue weighted by molar-refractivity contribution is 5.91. The summed E-state index contributed by atoms with van der Waals surface area (Å²) in [6.07, 6.45) is 4.03. The Labute approximate surface area is 112 Å². The SMILES string of the molecule is CC[N+](CC)(CC)CCCC=C(C)C(N)=O.[Cl-]. The van der Waals surface area contributed by atoms with Crippen molar-refractivity contribution in [3.8, 4) is 0 Å². The summed E-state index contributed by atoms with van der Waals surface area (Å²) in [4.78, 5) is 10.8. The van der Waals surface area contributed by atoms with Crippen molar-refractivity contribution >= 4 is 5.91 Å². The zero-order valence-corrected chi connectivity index (χ0v) is 12.4. The maximum atomic E-state index is 10.8. The molecular weight excluding hydrogens is 236 g/mol. The van der Waals surface area contributed by atoms with Crippen LogP contribution in [0.4, 0.5) is 0 Å². The van der Waals surface area contributed by atoms with Gasteiger partial charge in [0, 0.05) is 12.0 Å². The Bertz CT molecular complexity index is 240. The fourth-order valence-corrected chi connectivity index (χ4v) is 1.99. The van der Waals surface area contributed by atoms with Gasteiger partial charge in [0.05, 0.1) is 26.2 Å². The molecule has 0 aromatic rings. The standard InChI is InChI=1S/C13H26N2O.ClH/c1-5-15(6-2,7-3)11-9-8-10-12(4)13(14)16;/h10H,5-9,11H2,1-4H3,(H-,14,16);1H. The highest BCUT2D eigenvalue weighted by Crippen LogP contribution is 2.09. The predicted octanol–water partition coefficient (Wildman–Crippen LogP) is -0.921. The van der Waals surface area contributed by atoms with E-state index in [1.807, 2.05) is 6.08 Å². The number of hydrogen-bond donors (Lipinski definition) is 1. The second-order valence-corrected chi connectivity index (χ2v) is 4.41. The summed E-state index contributed by atoms with van der Waals surface area (Å²) >= 11 is 0. The minimum Gasteiger partial charge on any atom is -1.00 e. The van der Waals surface area contributed by atoms with Crippen molar-refractivity contribution in [3.63, 3.8) is 0 Å². The molecule has 0 rings (SSSR count). The number of allylic oxidation sites excluding steroid dienone is 1. The summed E-state index contributed by atoms with van der Waals surface area (Å²) in [5.41, 5.74) is 5.85. The van der Waals surface area contributed by atoms with Crippen LogP contribution in [0.15, 0.2) is 11.6 Å². The number of amides is 1. The van der Waals surface area contributed by atoms with Gasteiger partial charge in [0.25, 0.3) is 0 Å². The van der Waals surface area contributed by atoms with Gasteiger partial charge < -0.3 is 22.6 Å². The van der Waals surface area contributed by atoms with Gasteiger partial charge in [0.1, 0.15) is 0 Å². The van der Waals surface area contributed by atoms with Gasteiger partial charge in [0.15, 0.2) is 0 Å². The largest absolute Gasteiger partial charge is 1.00 e. The van der Waals surface area contributed by atoms with Crippen molar-refractivity contribution < 1.29 is 21.7 Å². The molecule has 0 aromatic carbocycles. The third-order valence-corrected chi connectivity index (χ3v) is 3.69. The molecule has 0 aliphatic carbocycles. The minimum atomic E-state index is -0.303. The lowest BCUT2D eigenvalue weighted by atomic mass is 10.2. The molecule has 1 amide bonds. The molecular formula is C13H27ClN2O. The van der Waals surface area contributed by atoms with Crippen LogP contribution in [0.5, 0.6) is 0 Å². The molecule has 0 spiro atoms. The Kier molecular flexibility index (Phi) is 10.5. The van der Waals surface area contributed by atoms with Gasteiger partial charge in [-0.3, -0.25) is 4.79 Å². The Balaban J connectivity index is 0. The molecule has 0 atom stereocenters. The maximum Gasteiger partial charge on any atom is 0.244 e. The Hall–Kier alpha value is -0.540. The molecule has 0 radical (unpaired) electrons. The van der Waals surface area contributed by atoms with E-state index in [9.17, 15) is 4.79 Å². The number of unbranched alkanes of at least 4 members (excludes halogenated alkanes) is 1. The topological polar surface area (TPSA) is 43.1 Å². The van der Waals surface area contributed by atoms with E-state index in [1.54, 1.807) is 6.92 Å². The Morgan fingerprint density at radius 3 is 2.00 bits per heavy atom. The summed E-state index contributed by atoms with van der Waals surface area (Å²) in [7, 11) is 0. The summed E-state index contributed by atoms with van der Waals surface area (Å²) in [5.74, 6) is -0.303. The second-order valence-electron chi connectivity index (χ2n) is 4.41. The first-order valence-electron chi connectivity index (χ1n) is 6.33. The third kappa shape index (κ3) is 6.69. The van der Waals surface area contributed by atoms with Gasteiger partial charge in [-0.25, -0.2) is 0 Å². The van der Waals surface area contributed by atoms with Crippen molar-refractivity contribution in [1.29, 1.82) is 0 Å². The van der Waals surface area contributed by atoms with E-state index in [0.717, 1.165) is 12.8 Å². The average molecular weight is 263 g/mol. The lowest BCUT2D eigenvalue weighted by Gasteiger charge is -2.35. The smallest absolute Gasteiger partial charge is 0.244 e. The third-order valence-electron chi connectivity index (χ3n) is 3.69. The number of carbonyl (C=O) groups is 1. The first kappa shape index (κ1) is 18.8. The molecule has 0 unspecified atom stereocenters. The summed E-state index contributed by atoms with van der Waals surface area (Å²) in [6.45, 7) is 13.3. The highest BCUT2D eigenvalue weighted by atomic mass is 35.5. The molecule has 17 heavy (non-hydrogen) atoms. The fraction of sp³-hybridized carbons (Fsp3) is 0.769. The van der Waals surface area contributed by atoms with Gasteiger partial charge in [-0.15, -0.1) is 0 Å². The maximum absolute atomic E-state index is 10.8. The zero-order chi connectivity index (χ0) is 12.6. The quantitative estimate of drug-likeness (QED) is 0.343. The summed E-state index contributed by atoms with van der Waals surface area (Å²) in [6, 6.07) is 0. The van der Waals surface area contributed by atoms with Crippen molar-refractivity contribution in [2.45, 2.75) is 40.5 Å². The molecule has 102 valence electrons. The van der Waals surface area contributed by atoms with Crippen LogP contribution in [0.1, 0.15) is 40.5 Å². The van der Waals surface area contributed by atoms with Crippen molar-refractivity contribution in [2.24, 2.45) is 5.73 Å². The first-order valence-corrected chi connectivity index (χ1v) is 6.33. The minimum absolute atomic E-state index is 0. The van der Waals surface area contributed by atoms with Crippen LogP contribution < -0.4 is 18.1 Å². The van der Waals surface area contributed by atoms with E-state index in [-0.39, 0.29) is 18.3 Å². The van der Waals surface area contributed by atoms with Crippen molar-refractivity contribution in [1.82, 2.24) is 0 Å². The van der Waals surface area contributed by atoms with Crippen LogP contribution in [0.2, 0.25) is 0 Å². The van der Waals surface area contributed by atoms with E-state index < -0.39 is 0 Å². The van der Waals surface area contributed by atoms with Crippen molar-refractivity contribution in [2.75, 3.05) is 26.2 Å². The molecule has 0 aliphatic rings. The van der Waals surface area contributed by atoms with E-state index in [2.05, 4.69) is 20.8 Å². The number of quaternary nitrogens is 1. The molecule has 0 bridgehead atoms. The van der Waals surface area contributed by atoms with Gasteiger partial charge in [-0.2, -0.15) is 0 Å². The van der Waals surface area contributed by atoms with Crippen molar-refractivity contribution in [3.05, 3.63) is 11.6 Å². The normalized spacial score (nSPS) is 12.1. The molecule has 2 N–H and O–H groups in total. The Morgan fingerprint density at radius 2 is 1.65 bits per heavy atom. The molecule has 4 heteroatoms. The van der Waals surface area contributed by atoms with Gasteiger partial charge in [-0.05, 0) is 34.1 Å². The number of nitrogens with two attached hydrogens (primary N) is 1. The Morgan fingerprint density at radius 1 is 1.18 bits per heavy atom. The van der Waals surface area contributed by atoms with Crippen LogP contribution in [0.25, 0.3) is 0 Å². The zero-order valence-electron chi connectivity index (χ0n) is 11.6. The first-order chi connectivity index (χ1) is 7.51. The number of rotatable bonds is 8. The van der Waals surface area contributed by atoms with Crippen LogP contribution in [-0.4, -0.2) is 36.6 Å². The van der Waals surface area contributed by atoms with Gasteiger partial charge in [0.2, 0.25) is 5.91 Å². The number of primary amides is 1. The molecule has 0 saturated heterocycles. The predicted molar refractivity (Wildman–Crippen MR) is 68.9 cm³/mol. The van der Waals surface area contributed by atoms with E-state index in [1.165, 1.54) is 30.7 Å². The summed E-state index contributed by atoms with van der Waals surface area (Å²) < 4.78 is 1.17. The van der Waals surface area contributed by atoms with E-state index in [4.69, 9.17) is 5.73 Å². The average Bonchev–Trinajstić information content (AvgIpc) is 2.30. The highest BCUT2D eigenvalue weighted by Gasteiger charge is 2.19. The molecule has 0 aromatic heterocycles. The van der Waals surface area contributed by atoms with Crippen LogP contribution in [-0.2, 0) is 4.79 Å². The van der Waals surface area contributed by atoms with Gasteiger partial charge >= 0.3 is 0 Å². The number of halogens is 1. The number of carbonyl (C=O) groups excluding carboxylic acids is 1. The molecule has 0 fully saturated rings. The molecule has 0 heterocycles. The summed E-state index contributed by atoms with van der Waals surface area (Å²) in [5, 5.41) is 0. The number of nitrogens with zero attached hydrogens (tertiary/aromatic N) is 1. The van der Waals surface area contributed by atoms with Crippen LogP contribution in [0, 0.1) is 0 Å². The van der Waals surface area contributed by atoms with E-state index >= 15 is 0 Å². The molecule has 0 saturated carbocycles. The fourth-order valence-electron chi connectivity index (χ4n) is 1.99. The van der Waals surface area contributed by atoms with Gasteiger partial charge in [-0.1, -0.05) is 6.08 Å². The molecule has 3 nitrogen and oxygen atoms in total. The molecule has 0 aliphatic heterocycles. The van der Waals surface area contributed by atoms with Crippen LogP contribution in [0.3, 0.4) is 0 Å². The second kappa shape index (κ2) is 9.49. The van der Waals surface area contributed by atoms with E-state index in [0.29, 0.717) is 5.57 Å². The van der Waals surface area contributed by atoms with Crippen LogP contribution >= 0.6 is 0 Å².